The maximum atomic E-state index is 12.2. The number of halogens is 1. The Bertz CT molecular complexity index is 881. The minimum absolute atomic E-state index is 0.226. The smallest absolute Gasteiger partial charge is 0.256 e. The molecule has 0 bridgehead atoms. The average Bonchev–Trinajstić information content (AvgIpc) is 2.61. The molecule has 1 aromatic heterocycles. The van der Waals surface area contributed by atoms with Crippen LogP contribution in [0.1, 0.15) is 21.5 Å². The van der Waals surface area contributed by atoms with E-state index in [0.717, 1.165) is 4.47 Å². The molecular formula is C19H17BrN4O. The van der Waals surface area contributed by atoms with Gasteiger partial charge in [-0.2, -0.15) is 0 Å². The lowest BCUT2D eigenvalue weighted by Gasteiger charge is -2.07. The Morgan fingerprint density at radius 1 is 1.00 bits per heavy atom. The summed E-state index contributed by atoms with van der Waals surface area (Å²) in [5.74, 6) is 0.837. The van der Waals surface area contributed by atoms with Crippen molar-refractivity contribution >= 4 is 33.5 Å². The molecule has 0 saturated heterocycles. The SMILES string of the molecule is Cc1cccc(CNc2ccc(NC(=O)c3cccc(Br)c3)nn2)c1. The summed E-state index contributed by atoms with van der Waals surface area (Å²) in [6.07, 6.45) is 0. The second kappa shape index (κ2) is 7.90. The number of carbonyl (C=O) groups excluding carboxylic acids is 1. The molecule has 0 unspecified atom stereocenters. The zero-order valence-electron chi connectivity index (χ0n) is 13.7. The van der Waals surface area contributed by atoms with Crippen molar-refractivity contribution in [1.82, 2.24) is 10.2 Å². The highest BCUT2D eigenvalue weighted by Gasteiger charge is 2.07. The predicted molar refractivity (Wildman–Crippen MR) is 103 cm³/mol. The summed E-state index contributed by atoms with van der Waals surface area (Å²) in [5.41, 5.74) is 2.95. The van der Waals surface area contributed by atoms with E-state index >= 15 is 0 Å². The standard InChI is InChI=1S/C19H17BrN4O/c1-13-4-2-5-14(10-13)12-21-17-8-9-18(24-23-17)22-19(25)15-6-3-7-16(20)11-15/h2-11H,12H2,1H3,(H,21,23)(H,22,24,25). The zero-order chi connectivity index (χ0) is 17.6. The van der Waals surface area contributed by atoms with Gasteiger partial charge in [0.15, 0.2) is 5.82 Å². The molecule has 126 valence electrons. The lowest BCUT2D eigenvalue weighted by molar-refractivity contribution is 0.102. The van der Waals surface area contributed by atoms with Crippen LogP contribution in [0.25, 0.3) is 0 Å². The van der Waals surface area contributed by atoms with Gasteiger partial charge in [-0.05, 0) is 42.8 Å². The van der Waals surface area contributed by atoms with Gasteiger partial charge in [0.05, 0.1) is 0 Å². The van der Waals surface area contributed by atoms with Gasteiger partial charge < -0.3 is 10.6 Å². The van der Waals surface area contributed by atoms with Crippen molar-refractivity contribution in [3.63, 3.8) is 0 Å². The molecule has 1 amide bonds. The zero-order valence-corrected chi connectivity index (χ0v) is 15.2. The summed E-state index contributed by atoms with van der Waals surface area (Å²) in [7, 11) is 0. The molecule has 0 atom stereocenters. The fraction of sp³-hybridized carbons (Fsp3) is 0.105. The van der Waals surface area contributed by atoms with Crippen LogP contribution in [0.2, 0.25) is 0 Å². The van der Waals surface area contributed by atoms with Crippen LogP contribution in [-0.4, -0.2) is 16.1 Å². The molecule has 25 heavy (non-hydrogen) atoms. The van der Waals surface area contributed by atoms with Crippen LogP contribution in [0.3, 0.4) is 0 Å². The number of benzene rings is 2. The second-order valence-electron chi connectivity index (χ2n) is 5.61. The number of hydrogen-bond acceptors (Lipinski definition) is 4. The molecule has 0 saturated carbocycles. The van der Waals surface area contributed by atoms with Crippen molar-refractivity contribution in [2.45, 2.75) is 13.5 Å². The molecule has 3 aromatic rings. The third-order valence-corrected chi connectivity index (χ3v) is 4.04. The van der Waals surface area contributed by atoms with Gasteiger partial charge in [-0.25, -0.2) is 0 Å². The van der Waals surface area contributed by atoms with Crippen LogP contribution in [0.4, 0.5) is 11.6 Å². The van der Waals surface area contributed by atoms with Crippen LogP contribution < -0.4 is 10.6 Å². The summed E-state index contributed by atoms with van der Waals surface area (Å²) in [6, 6.07) is 18.9. The third-order valence-electron chi connectivity index (χ3n) is 3.55. The number of carbonyl (C=O) groups is 1. The maximum absolute atomic E-state index is 12.2. The Morgan fingerprint density at radius 2 is 1.76 bits per heavy atom. The Morgan fingerprint density at radius 3 is 2.48 bits per heavy atom. The number of aryl methyl sites for hydroxylation is 1. The summed E-state index contributed by atoms with van der Waals surface area (Å²) in [5, 5.41) is 14.1. The van der Waals surface area contributed by atoms with E-state index in [1.54, 1.807) is 24.3 Å². The molecule has 5 nitrogen and oxygen atoms in total. The van der Waals surface area contributed by atoms with Gasteiger partial charge in [-0.1, -0.05) is 51.8 Å². The molecule has 2 aromatic carbocycles. The Hall–Kier alpha value is -2.73. The van der Waals surface area contributed by atoms with Gasteiger partial charge in [0.2, 0.25) is 0 Å². The van der Waals surface area contributed by atoms with Crippen LogP contribution in [0, 0.1) is 6.92 Å². The van der Waals surface area contributed by atoms with E-state index in [1.807, 2.05) is 18.2 Å². The molecule has 0 radical (unpaired) electrons. The first-order valence-corrected chi connectivity index (χ1v) is 8.59. The van der Waals surface area contributed by atoms with Gasteiger partial charge in [0, 0.05) is 16.6 Å². The molecular weight excluding hydrogens is 380 g/mol. The minimum Gasteiger partial charge on any atom is -0.365 e. The van der Waals surface area contributed by atoms with Gasteiger partial charge in [-0.15, -0.1) is 10.2 Å². The van der Waals surface area contributed by atoms with Gasteiger partial charge >= 0.3 is 0 Å². The number of nitrogens with one attached hydrogen (secondary N) is 2. The summed E-state index contributed by atoms with van der Waals surface area (Å²) < 4.78 is 0.849. The van der Waals surface area contributed by atoms with Crippen molar-refractivity contribution < 1.29 is 4.79 Å². The van der Waals surface area contributed by atoms with Crippen molar-refractivity contribution in [2.75, 3.05) is 10.6 Å². The molecule has 0 aliphatic heterocycles. The molecule has 3 rings (SSSR count). The van der Waals surface area contributed by atoms with E-state index in [0.29, 0.717) is 23.7 Å². The second-order valence-corrected chi connectivity index (χ2v) is 6.53. The fourth-order valence-corrected chi connectivity index (χ4v) is 2.73. The molecule has 0 aliphatic rings. The van der Waals surface area contributed by atoms with E-state index in [-0.39, 0.29) is 5.91 Å². The molecule has 0 spiro atoms. The molecule has 2 N–H and O–H groups in total. The first-order chi connectivity index (χ1) is 12.1. The normalized spacial score (nSPS) is 10.3. The topological polar surface area (TPSA) is 66.9 Å². The average molecular weight is 397 g/mol. The summed E-state index contributed by atoms with van der Waals surface area (Å²) in [6.45, 7) is 2.73. The Balaban J connectivity index is 1.59. The highest BCUT2D eigenvalue weighted by atomic mass is 79.9. The monoisotopic (exact) mass is 396 g/mol. The van der Waals surface area contributed by atoms with Crippen LogP contribution in [0.15, 0.2) is 65.1 Å². The van der Waals surface area contributed by atoms with Gasteiger partial charge in [0.25, 0.3) is 5.91 Å². The number of nitrogens with zero attached hydrogens (tertiary/aromatic N) is 2. The maximum Gasteiger partial charge on any atom is 0.256 e. The Labute approximate surface area is 154 Å². The third kappa shape index (κ3) is 4.87. The highest BCUT2D eigenvalue weighted by Crippen LogP contribution is 2.14. The Kier molecular flexibility index (Phi) is 5.40. The van der Waals surface area contributed by atoms with Crippen molar-refractivity contribution in [2.24, 2.45) is 0 Å². The van der Waals surface area contributed by atoms with E-state index < -0.39 is 0 Å². The minimum atomic E-state index is -0.226. The van der Waals surface area contributed by atoms with Crippen molar-refractivity contribution in [3.05, 3.63) is 81.8 Å². The van der Waals surface area contributed by atoms with Gasteiger partial charge in [0.1, 0.15) is 5.82 Å². The van der Waals surface area contributed by atoms with Crippen molar-refractivity contribution in [3.8, 4) is 0 Å². The molecule has 6 heteroatoms. The lowest BCUT2D eigenvalue weighted by Crippen LogP contribution is -2.13. The van der Waals surface area contributed by atoms with Crippen LogP contribution in [0.5, 0.6) is 0 Å². The largest absolute Gasteiger partial charge is 0.365 e. The van der Waals surface area contributed by atoms with E-state index in [2.05, 4.69) is 61.9 Å². The highest BCUT2D eigenvalue weighted by molar-refractivity contribution is 9.10. The van der Waals surface area contributed by atoms with Gasteiger partial charge in [-0.3, -0.25) is 4.79 Å². The summed E-state index contributed by atoms with van der Waals surface area (Å²) >= 11 is 3.35. The fourth-order valence-electron chi connectivity index (χ4n) is 2.33. The quantitative estimate of drug-likeness (QED) is 0.669. The predicted octanol–water partition coefficient (Wildman–Crippen LogP) is 4.41. The van der Waals surface area contributed by atoms with Crippen molar-refractivity contribution in [1.29, 1.82) is 0 Å². The number of rotatable bonds is 5. The number of hydrogen-bond donors (Lipinski definition) is 2. The number of anilines is 2. The van der Waals surface area contributed by atoms with Crippen LogP contribution in [-0.2, 0) is 6.54 Å². The molecule has 0 aliphatic carbocycles. The van der Waals surface area contributed by atoms with E-state index in [4.69, 9.17) is 0 Å². The summed E-state index contributed by atoms with van der Waals surface area (Å²) in [4.78, 5) is 12.2. The number of amides is 1. The first-order valence-electron chi connectivity index (χ1n) is 7.80. The van der Waals surface area contributed by atoms with E-state index in [9.17, 15) is 4.79 Å². The number of aromatic nitrogens is 2. The first kappa shape index (κ1) is 17.1. The molecule has 0 fully saturated rings. The van der Waals surface area contributed by atoms with E-state index in [1.165, 1.54) is 11.1 Å². The lowest BCUT2D eigenvalue weighted by atomic mass is 10.1. The van der Waals surface area contributed by atoms with Crippen LogP contribution >= 0.6 is 15.9 Å². The molecule has 1 heterocycles.